The average molecular weight is 662 g/mol. The number of nitrogens with two attached hydrogens (primary N) is 2. The maximum atomic E-state index is 15.3. The van der Waals surface area contributed by atoms with E-state index in [0.717, 1.165) is 90.0 Å². The number of alkyl halides is 2. The molecule has 45 heavy (non-hydrogen) atoms. The summed E-state index contributed by atoms with van der Waals surface area (Å²) in [5.74, 6) is -2.92. The molecule has 1 aliphatic carbocycles. The van der Waals surface area contributed by atoms with Crippen molar-refractivity contribution in [3.63, 3.8) is 0 Å². The van der Waals surface area contributed by atoms with E-state index in [0.29, 0.717) is 18.7 Å². The monoisotopic (exact) mass is 661 g/mol. The highest BCUT2D eigenvalue weighted by molar-refractivity contribution is 7.97. The molecule has 3 aliphatic rings. The quantitative estimate of drug-likeness (QED) is 0.102. The summed E-state index contributed by atoms with van der Waals surface area (Å²) in [7, 11) is 0. The topological polar surface area (TPSA) is 86.7 Å². The highest BCUT2D eigenvalue weighted by Crippen LogP contribution is 2.44. The zero-order chi connectivity index (χ0) is 32.2. The summed E-state index contributed by atoms with van der Waals surface area (Å²) in [6, 6.07) is 11.8. The first-order chi connectivity index (χ1) is 21.7. The lowest BCUT2D eigenvalue weighted by Gasteiger charge is -2.35. The van der Waals surface area contributed by atoms with Gasteiger partial charge in [0.1, 0.15) is 11.0 Å². The van der Waals surface area contributed by atoms with Crippen LogP contribution in [0, 0.1) is 5.92 Å². The molecule has 0 spiro atoms. The zero-order valence-corrected chi connectivity index (χ0v) is 27.9. The van der Waals surface area contributed by atoms with Gasteiger partial charge in [-0.15, -0.1) is 6.58 Å². The van der Waals surface area contributed by atoms with Gasteiger partial charge in [0, 0.05) is 80.0 Å². The summed E-state index contributed by atoms with van der Waals surface area (Å²) in [6.07, 6.45) is 10.7. The third-order valence-electron chi connectivity index (χ3n) is 8.65. The molecular formula is C34H50ClF2N7S. The average Bonchev–Trinajstić information content (AvgIpc) is 3.04. The molecule has 1 saturated carbocycles. The highest BCUT2D eigenvalue weighted by Gasteiger charge is 2.42. The number of anilines is 2. The molecule has 2 unspecified atom stereocenters. The smallest absolute Gasteiger partial charge is 0.276 e. The van der Waals surface area contributed by atoms with Crippen LogP contribution in [0.1, 0.15) is 56.9 Å². The first-order valence-corrected chi connectivity index (χ1v) is 17.4. The van der Waals surface area contributed by atoms with E-state index in [1.54, 1.807) is 24.2 Å². The Morgan fingerprint density at radius 3 is 2.29 bits per heavy atom. The first-order valence-electron chi connectivity index (χ1n) is 16.2. The lowest BCUT2D eigenvalue weighted by atomic mass is 9.82. The summed E-state index contributed by atoms with van der Waals surface area (Å²) in [6.45, 7) is 13.2. The Hall–Kier alpha value is -2.37. The third kappa shape index (κ3) is 10.8. The number of benzene rings is 1. The molecule has 2 saturated heterocycles. The predicted molar refractivity (Wildman–Crippen MR) is 186 cm³/mol. The molecule has 7 nitrogen and oxygen atoms in total. The van der Waals surface area contributed by atoms with E-state index in [1.807, 2.05) is 6.08 Å². The Labute approximate surface area is 277 Å². The maximum Gasteiger partial charge on any atom is 0.276 e. The van der Waals surface area contributed by atoms with E-state index in [-0.39, 0.29) is 22.8 Å². The summed E-state index contributed by atoms with van der Waals surface area (Å²) >= 11 is 7.95. The van der Waals surface area contributed by atoms with Crippen LogP contribution < -0.4 is 21.7 Å². The number of likely N-dealkylation sites (tertiary alicyclic amines) is 1. The number of rotatable bonds is 11. The Bertz CT molecular complexity index is 1190. The first kappa shape index (κ1) is 35.5. The van der Waals surface area contributed by atoms with Crippen molar-refractivity contribution in [2.75, 3.05) is 56.0 Å². The van der Waals surface area contributed by atoms with Gasteiger partial charge in [0.15, 0.2) is 0 Å². The van der Waals surface area contributed by atoms with Crippen molar-refractivity contribution >= 4 is 35.1 Å². The van der Waals surface area contributed by atoms with Gasteiger partial charge in [-0.2, -0.15) is 0 Å². The molecule has 5 N–H and O–H groups in total. The van der Waals surface area contributed by atoms with E-state index < -0.39 is 11.8 Å². The summed E-state index contributed by atoms with van der Waals surface area (Å²) in [4.78, 5) is 9.71. The number of hydrogen-bond donors (Lipinski definition) is 3. The number of nitrogens with zero attached hydrogens (tertiary/aromatic N) is 4. The van der Waals surface area contributed by atoms with Gasteiger partial charge in [0.25, 0.3) is 5.92 Å². The molecule has 0 amide bonds. The van der Waals surface area contributed by atoms with E-state index in [1.165, 1.54) is 11.0 Å². The van der Waals surface area contributed by atoms with Crippen LogP contribution in [0.2, 0.25) is 5.15 Å². The second-order valence-corrected chi connectivity index (χ2v) is 13.8. The Kier molecular flexibility index (Phi) is 13.8. The van der Waals surface area contributed by atoms with Crippen molar-refractivity contribution in [3.8, 4) is 0 Å². The van der Waals surface area contributed by atoms with Crippen molar-refractivity contribution in [1.82, 2.24) is 14.2 Å². The molecule has 0 bridgehead atoms. The fourth-order valence-corrected chi connectivity index (χ4v) is 7.28. The van der Waals surface area contributed by atoms with Gasteiger partial charge in [-0.3, -0.25) is 0 Å². The highest BCUT2D eigenvalue weighted by atomic mass is 35.5. The minimum atomic E-state index is -2.87. The van der Waals surface area contributed by atoms with Crippen molar-refractivity contribution in [1.29, 1.82) is 0 Å². The predicted octanol–water partition coefficient (Wildman–Crippen LogP) is 7.10. The van der Waals surface area contributed by atoms with Gasteiger partial charge in [0.2, 0.25) is 0 Å². The molecule has 2 aromatic rings. The van der Waals surface area contributed by atoms with Gasteiger partial charge >= 0.3 is 0 Å². The molecule has 248 valence electrons. The van der Waals surface area contributed by atoms with Crippen LogP contribution in [-0.2, 0) is 5.92 Å². The lowest BCUT2D eigenvalue weighted by Crippen LogP contribution is -2.50. The van der Waals surface area contributed by atoms with Crippen LogP contribution in [-0.4, -0.2) is 72.1 Å². The fraction of sp³-hybridized carbons (Fsp3) is 0.559. The Balaban J connectivity index is 0.000000392. The van der Waals surface area contributed by atoms with Crippen LogP contribution in [0.25, 0.3) is 0 Å². The number of piperazine rings is 1. The number of pyridine rings is 1. The van der Waals surface area contributed by atoms with Gasteiger partial charge in [-0.05, 0) is 86.7 Å². The molecule has 0 radical (unpaired) electrons. The maximum absolute atomic E-state index is 15.3. The van der Waals surface area contributed by atoms with Crippen molar-refractivity contribution < 1.29 is 8.78 Å². The van der Waals surface area contributed by atoms with Crippen LogP contribution in [0.5, 0.6) is 0 Å². The summed E-state index contributed by atoms with van der Waals surface area (Å²) in [5.41, 5.74) is 12.6. The van der Waals surface area contributed by atoms with E-state index in [9.17, 15) is 0 Å². The standard InChI is InChI=1S/C27H35ClF2N4S.C7H15N3/c1-2-3-7-14-31-23-10-12-24(13-11-23)35-34-17-15-33(16-18-34)26-20-22(19-25(28)32-26)27(29,30)21-8-5-4-6-9-21;1-2-10-4-6(8)3-7(9)5-10/h2,10-13,19-21,31H,1,3-9,14-18H2;2,6-7H,1,3-5,8-9H2. The Morgan fingerprint density at radius 2 is 1.67 bits per heavy atom. The van der Waals surface area contributed by atoms with Gasteiger partial charge in [-0.1, -0.05) is 43.5 Å². The number of aromatic nitrogens is 1. The van der Waals surface area contributed by atoms with Crippen LogP contribution >= 0.6 is 23.5 Å². The number of allylic oxidation sites excluding steroid dienone is 1. The molecule has 3 fully saturated rings. The van der Waals surface area contributed by atoms with E-state index in [4.69, 9.17) is 23.1 Å². The second kappa shape index (κ2) is 17.5. The minimum Gasteiger partial charge on any atom is -0.385 e. The minimum absolute atomic E-state index is 0.00870. The van der Waals surface area contributed by atoms with Crippen LogP contribution in [0.4, 0.5) is 20.3 Å². The molecule has 1 aromatic heterocycles. The molecule has 3 heterocycles. The van der Waals surface area contributed by atoms with Crippen LogP contribution in [0.3, 0.4) is 0 Å². The molecule has 5 rings (SSSR count). The molecular weight excluding hydrogens is 612 g/mol. The number of piperidine rings is 1. The normalized spacial score (nSPS) is 21.5. The Morgan fingerprint density at radius 1 is 1.00 bits per heavy atom. The summed E-state index contributed by atoms with van der Waals surface area (Å²) in [5, 5.41) is 3.57. The fourth-order valence-electron chi connectivity index (χ4n) is 6.17. The van der Waals surface area contributed by atoms with Crippen molar-refractivity contribution in [2.24, 2.45) is 17.4 Å². The van der Waals surface area contributed by atoms with Gasteiger partial charge in [0.05, 0.1) is 0 Å². The summed E-state index contributed by atoms with van der Waals surface area (Å²) < 4.78 is 32.9. The zero-order valence-electron chi connectivity index (χ0n) is 26.4. The molecule has 2 aliphatic heterocycles. The van der Waals surface area contributed by atoms with Crippen molar-refractivity contribution in [2.45, 2.75) is 74.3 Å². The van der Waals surface area contributed by atoms with E-state index >= 15 is 8.78 Å². The number of halogens is 3. The largest absolute Gasteiger partial charge is 0.385 e. The molecule has 2 atom stereocenters. The number of hydrogen-bond acceptors (Lipinski definition) is 8. The third-order valence-corrected chi connectivity index (χ3v) is 9.95. The molecule has 11 heteroatoms. The van der Waals surface area contributed by atoms with Gasteiger partial charge in [-0.25, -0.2) is 18.1 Å². The van der Waals surface area contributed by atoms with E-state index in [2.05, 4.69) is 61.8 Å². The lowest BCUT2D eigenvalue weighted by molar-refractivity contribution is -0.0777. The molecule has 1 aromatic carbocycles. The van der Waals surface area contributed by atoms with Crippen LogP contribution in [0.15, 0.2) is 66.7 Å². The number of unbranched alkanes of at least 4 members (excludes halogenated alkanes) is 1. The second-order valence-electron chi connectivity index (χ2n) is 12.3. The van der Waals surface area contributed by atoms with Gasteiger partial charge < -0.3 is 26.6 Å². The number of nitrogens with one attached hydrogen (secondary N) is 1. The van der Waals surface area contributed by atoms with Crippen molar-refractivity contribution in [3.05, 3.63) is 72.5 Å². The SMILES string of the molecule is C=CCCCNc1ccc(SN2CCN(c3cc(C(F)(F)C4CCCCC4)cc(Cl)n3)CC2)cc1.C=CN1CC(N)CC(N)C1.